The Balaban J connectivity index is 0.000000623. The van der Waals surface area contributed by atoms with Gasteiger partial charge in [0.2, 0.25) is 0 Å². The van der Waals surface area contributed by atoms with Gasteiger partial charge < -0.3 is 19.7 Å². The van der Waals surface area contributed by atoms with E-state index in [-0.39, 0.29) is 19.6 Å². The SMILES string of the molecule is C.CC(C)(C)OC(=O)Nc1cccc(C(=O)O)c1.CC(C)(C)OC(=O)Nc1cccc(CO)c1. The lowest BCUT2D eigenvalue weighted by atomic mass is 10.2. The highest BCUT2D eigenvalue weighted by atomic mass is 16.6. The zero-order valence-corrected chi connectivity index (χ0v) is 19.8. The van der Waals surface area contributed by atoms with E-state index in [1.54, 1.807) is 77.9 Å². The van der Waals surface area contributed by atoms with Crippen molar-refractivity contribution >= 4 is 29.5 Å². The molecule has 0 aliphatic carbocycles. The molecule has 0 bridgehead atoms. The molecule has 0 aliphatic rings. The number of benzene rings is 2. The second kappa shape index (κ2) is 13.2. The van der Waals surface area contributed by atoms with Gasteiger partial charge in [-0.1, -0.05) is 25.6 Å². The van der Waals surface area contributed by atoms with Crippen molar-refractivity contribution in [1.29, 1.82) is 0 Å². The van der Waals surface area contributed by atoms with E-state index in [2.05, 4.69) is 10.6 Å². The molecule has 0 radical (unpaired) electrons. The van der Waals surface area contributed by atoms with Crippen molar-refractivity contribution in [3.63, 3.8) is 0 Å². The average Bonchev–Trinajstić information content (AvgIpc) is 2.65. The molecule has 4 N–H and O–H groups in total. The van der Waals surface area contributed by atoms with Gasteiger partial charge in [-0.3, -0.25) is 10.6 Å². The minimum absolute atomic E-state index is 0. The molecule has 0 aliphatic heterocycles. The first kappa shape index (κ1) is 30.4. The van der Waals surface area contributed by atoms with Gasteiger partial charge in [0.15, 0.2) is 0 Å². The van der Waals surface area contributed by atoms with Crippen LogP contribution < -0.4 is 10.6 Å². The second-order valence-corrected chi connectivity index (χ2v) is 9.00. The number of aliphatic hydroxyl groups excluding tert-OH is 1. The molecule has 188 valence electrons. The molecule has 0 heterocycles. The van der Waals surface area contributed by atoms with Crippen molar-refractivity contribution in [3.8, 4) is 0 Å². The van der Waals surface area contributed by atoms with E-state index in [9.17, 15) is 14.4 Å². The molecule has 2 amide bonds. The predicted molar refractivity (Wildman–Crippen MR) is 132 cm³/mol. The normalized spacial score (nSPS) is 10.6. The van der Waals surface area contributed by atoms with Crippen LogP contribution in [0.15, 0.2) is 48.5 Å². The summed E-state index contributed by atoms with van der Waals surface area (Å²) in [6, 6.07) is 12.9. The molecule has 2 aromatic rings. The van der Waals surface area contributed by atoms with Crippen molar-refractivity contribution in [2.75, 3.05) is 10.6 Å². The maximum absolute atomic E-state index is 11.4. The van der Waals surface area contributed by atoms with Crippen LogP contribution in [0.3, 0.4) is 0 Å². The minimum Gasteiger partial charge on any atom is -0.478 e. The van der Waals surface area contributed by atoms with E-state index in [0.717, 1.165) is 5.56 Å². The number of amides is 2. The third-order valence-corrected chi connectivity index (χ3v) is 3.51. The first-order chi connectivity index (χ1) is 15.2. The van der Waals surface area contributed by atoms with Crippen LogP contribution >= 0.6 is 0 Å². The Bertz CT molecular complexity index is 960. The highest BCUT2D eigenvalue weighted by molar-refractivity contribution is 5.91. The number of carbonyl (C=O) groups excluding carboxylic acids is 2. The largest absolute Gasteiger partial charge is 0.478 e. The topological polar surface area (TPSA) is 134 Å². The first-order valence-corrected chi connectivity index (χ1v) is 10.2. The van der Waals surface area contributed by atoms with Crippen LogP contribution in [-0.4, -0.2) is 39.6 Å². The molecule has 0 atom stereocenters. The minimum atomic E-state index is -1.04. The Kier molecular flexibility index (Phi) is 11.8. The zero-order valence-electron chi connectivity index (χ0n) is 19.8. The number of ether oxygens (including phenoxy) is 2. The first-order valence-electron chi connectivity index (χ1n) is 10.2. The Morgan fingerprint density at radius 2 is 1.24 bits per heavy atom. The fraction of sp³-hybridized carbons (Fsp3) is 0.400. The Hall–Kier alpha value is -3.59. The number of carbonyl (C=O) groups is 3. The summed E-state index contributed by atoms with van der Waals surface area (Å²) in [7, 11) is 0. The molecule has 0 aromatic heterocycles. The summed E-state index contributed by atoms with van der Waals surface area (Å²) in [5, 5.41) is 22.8. The number of nitrogens with one attached hydrogen (secondary N) is 2. The molecule has 2 rings (SSSR count). The smallest absolute Gasteiger partial charge is 0.412 e. The summed E-state index contributed by atoms with van der Waals surface area (Å²) >= 11 is 0. The van der Waals surface area contributed by atoms with Crippen molar-refractivity contribution in [2.24, 2.45) is 0 Å². The van der Waals surface area contributed by atoms with E-state index < -0.39 is 29.4 Å². The number of hydrogen-bond donors (Lipinski definition) is 4. The highest BCUT2D eigenvalue weighted by Gasteiger charge is 2.17. The number of carboxylic acids is 1. The van der Waals surface area contributed by atoms with E-state index in [4.69, 9.17) is 19.7 Å². The fourth-order valence-electron chi connectivity index (χ4n) is 2.32. The van der Waals surface area contributed by atoms with Gasteiger partial charge in [-0.2, -0.15) is 0 Å². The summed E-state index contributed by atoms with van der Waals surface area (Å²) in [4.78, 5) is 33.6. The molecule has 0 fully saturated rings. The van der Waals surface area contributed by atoms with E-state index in [1.165, 1.54) is 12.1 Å². The van der Waals surface area contributed by atoms with Crippen molar-refractivity contribution in [3.05, 3.63) is 59.7 Å². The molecule has 0 saturated heterocycles. The third kappa shape index (κ3) is 13.1. The summed E-state index contributed by atoms with van der Waals surface area (Å²) in [6.45, 7) is 10.6. The third-order valence-electron chi connectivity index (χ3n) is 3.51. The molecule has 9 heteroatoms. The second-order valence-electron chi connectivity index (χ2n) is 9.00. The summed E-state index contributed by atoms with van der Waals surface area (Å²) < 4.78 is 10.1. The van der Waals surface area contributed by atoms with Gasteiger partial charge in [-0.25, -0.2) is 14.4 Å². The van der Waals surface area contributed by atoms with Crippen molar-refractivity contribution < 1.29 is 34.1 Å². The standard InChI is InChI=1S/C12H15NO4.C12H17NO3.CH4/c1-12(2,3)17-11(16)13-9-6-4-5-8(7-9)10(14)15;1-12(2,3)16-11(15)13-10-6-4-5-9(7-10)8-14;/h4-7H,1-3H3,(H,13,16)(H,14,15);4-7,14H,8H2,1-3H3,(H,13,15);1H4. The van der Waals surface area contributed by atoms with Gasteiger partial charge in [-0.05, 0) is 77.4 Å². The van der Waals surface area contributed by atoms with Gasteiger partial charge in [-0.15, -0.1) is 0 Å². The van der Waals surface area contributed by atoms with Gasteiger partial charge in [0.05, 0.1) is 12.2 Å². The van der Waals surface area contributed by atoms with Crippen LogP contribution in [0.5, 0.6) is 0 Å². The number of rotatable bonds is 4. The van der Waals surface area contributed by atoms with Crippen LogP contribution in [-0.2, 0) is 16.1 Å². The molecular formula is C25H36N2O7. The Morgan fingerprint density at radius 1 is 0.794 bits per heavy atom. The Labute approximate surface area is 201 Å². The Morgan fingerprint density at radius 3 is 1.65 bits per heavy atom. The molecule has 9 nitrogen and oxygen atoms in total. The molecule has 34 heavy (non-hydrogen) atoms. The quantitative estimate of drug-likeness (QED) is 0.432. The maximum atomic E-state index is 11.4. The lowest BCUT2D eigenvalue weighted by Gasteiger charge is -2.19. The monoisotopic (exact) mass is 476 g/mol. The van der Waals surface area contributed by atoms with Crippen LogP contribution in [0.1, 0.15) is 64.9 Å². The molecule has 0 spiro atoms. The molecule has 2 aromatic carbocycles. The number of hydrogen-bond acceptors (Lipinski definition) is 6. The van der Waals surface area contributed by atoms with Crippen molar-refractivity contribution in [1.82, 2.24) is 0 Å². The van der Waals surface area contributed by atoms with Gasteiger partial charge in [0.25, 0.3) is 0 Å². The van der Waals surface area contributed by atoms with Crippen LogP contribution in [0.4, 0.5) is 21.0 Å². The molecule has 0 saturated carbocycles. The number of aliphatic hydroxyl groups is 1. The lowest BCUT2D eigenvalue weighted by molar-refractivity contribution is 0.0624. The molecule has 0 unspecified atom stereocenters. The number of aromatic carboxylic acids is 1. The summed E-state index contributed by atoms with van der Waals surface area (Å²) in [6.07, 6.45) is -1.11. The number of carboxylic acid groups (broad SMARTS) is 1. The maximum Gasteiger partial charge on any atom is 0.412 e. The van der Waals surface area contributed by atoms with Crippen LogP contribution in [0.25, 0.3) is 0 Å². The highest BCUT2D eigenvalue weighted by Crippen LogP contribution is 2.14. The fourth-order valence-corrected chi connectivity index (χ4v) is 2.32. The van der Waals surface area contributed by atoms with E-state index in [1.807, 2.05) is 0 Å². The summed E-state index contributed by atoms with van der Waals surface area (Å²) in [5.74, 6) is -1.04. The predicted octanol–water partition coefficient (Wildman–Crippen LogP) is 5.89. The average molecular weight is 477 g/mol. The van der Waals surface area contributed by atoms with Crippen LogP contribution in [0, 0.1) is 0 Å². The lowest BCUT2D eigenvalue weighted by Crippen LogP contribution is -2.27. The summed E-state index contributed by atoms with van der Waals surface area (Å²) in [5.41, 5.74) is 0.750. The van der Waals surface area contributed by atoms with E-state index >= 15 is 0 Å². The number of anilines is 2. The van der Waals surface area contributed by atoms with Crippen LogP contribution in [0.2, 0.25) is 0 Å². The van der Waals surface area contributed by atoms with Gasteiger partial charge >= 0.3 is 18.2 Å². The van der Waals surface area contributed by atoms with E-state index in [0.29, 0.717) is 11.4 Å². The van der Waals surface area contributed by atoms with Gasteiger partial charge in [0.1, 0.15) is 11.2 Å². The van der Waals surface area contributed by atoms with Gasteiger partial charge in [0, 0.05) is 11.4 Å². The van der Waals surface area contributed by atoms with Crippen molar-refractivity contribution in [2.45, 2.75) is 66.8 Å². The zero-order chi connectivity index (χ0) is 25.2. The molecular weight excluding hydrogens is 440 g/mol.